The molecule has 0 aliphatic carbocycles. The van der Waals surface area contributed by atoms with Gasteiger partial charge in [0.1, 0.15) is 11.9 Å². The Morgan fingerprint density at radius 1 is 1.15 bits per heavy atom. The molecule has 3 nitrogen and oxygen atoms in total. The van der Waals surface area contributed by atoms with E-state index >= 15 is 0 Å². The SMILES string of the molecule is O=C(O)C(CCc1ccccc1)Nc1cccc(F)c1. The van der Waals surface area contributed by atoms with Gasteiger partial charge in [-0.1, -0.05) is 36.4 Å². The van der Waals surface area contributed by atoms with Crippen LogP contribution in [-0.2, 0) is 11.2 Å². The largest absolute Gasteiger partial charge is 0.480 e. The molecular formula is C16H16FNO2. The summed E-state index contributed by atoms with van der Waals surface area (Å²) in [5.41, 5.74) is 1.56. The molecule has 2 rings (SSSR count). The highest BCUT2D eigenvalue weighted by Gasteiger charge is 2.17. The number of halogens is 1. The molecule has 1 atom stereocenters. The molecule has 0 spiro atoms. The second-order valence-electron chi connectivity index (χ2n) is 4.57. The fraction of sp³-hybridized carbons (Fsp3) is 0.188. The van der Waals surface area contributed by atoms with Gasteiger partial charge in [-0.25, -0.2) is 9.18 Å². The van der Waals surface area contributed by atoms with Gasteiger partial charge in [0.05, 0.1) is 0 Å². The number of benzene rings is 2. The van der Waals surface area contributed by atoms with Gasteiger partial charge >= 0.3 is 5.97 Å². The number of carboxylic acid groups (broad SMARTS) is 1. The predicted molar refractivity (Wildman–Crippen MR) is 76.2 cm³/mol. The van der Waals surface area contributed by atoms with Crippen molar-refractivity contribution in [1.82, 2.24) is 0 Å². The van der Waals surface area contributed by atoms with E-state index in [0.29, 0.717) is 18.5 Å². The second kappa shape index (κ2) is 6.70. The van der Waals surface area contributed by atoms with Gasteiger partial charge in [0, 0.05) is 5.69 Å². The third-order valence-electron chi connectivity index (χ3n) is 3.03. The molecule has 0 saturated heterocycles. The summed E-state index contributed by atoms with van der Waals surface area (Å²) in [7, 11) is 0. The van der Waals surface area contributed by atoms with Crippen LogP contribution in [0.15, 0.2) is 54.6 Å². The molecule has 0 heterocycles. The number of aliphatic carboxylic acids is 1. The van der Waals surface area contributed by atoms with Crippen LogP contribution < -0.4 is 5.32 Å². The van der Waals surface area contributed by atoms with E-state index < -0.39 is 12.0 Å². The van der Waals surface area contributed by atoms with Gasteiger partial charge in [-0.3, -0.25) is 0 Å². The van der Waals surface area contributed by atoms with Crippen molar-refractivity contribution in [3.63, 3.8) is 0 Å². The number of anilines is 1. The Bertz CT molecular complexity index is 572. The lowest BCUT2D eigenvalue weighted by Crippen LogP contribution is -2.29. The van der Waals surface area contributed by atoms with Gasteiger partial charge in [-0.2, -0.15) is 0 Å². The van der Waals surface area contributed by atoms with Crippen molar-refractivity contribution in [1.29, 1.82) is 0 Å². The van der Waals surface area contributed by atoms with Crippen LogP contribution in [0.4, 0.5) is 10.1 Å². The molecule has 2 aromatic carbocycles. The number of nitrogens with one attached hydrogen (secondary N) is 1. The highest BCUT2D eigenvalue weighted by molar-refractivity contribution is 5.77. The minimum Gasteiger partial charge on any atom is -0.480 e. The number of carbonyl (C=O) groups is 1. The van der Waals surface area contributed by atoms with Crippen LogP contribution in [0.2, 0.25) is 0 Å². The predicted octanol–water partition coefficient (Wildman–Crippen LogP) is 3.32. The van der Waals surface area contributed by atoms with Crippen LogP contribution in [0.3, 0.4) is 0 Å². The molecule has 4 heteroatoms. The molecule has 104 valence electrons. The molecule has 0 aliphatic heterocycles. The molecule has 20 heavy (non-hydrogen) atoms. The third kappa shape index (κ3) is 4.09. The number of carboxylic acids is 1. The molecule has 0 bridgehead atoms. The Labute approximate surface area is 117 Å². The first-order chi connectivity index (χ1) is 9.65. The Kier molecular flexibility index (Phi) is 4.71. The van der Waals surface area contributed by atoms with Crippen LogP contribution in [0, 0.1) is 5.82 Å². The molecule has 2 N–H and O–H groups in total. The van der Waals surface area contributed by atoms with E-state index in [2.05, 4.69) is 5.32 Å². The zero-order valence-electron chi connectivity index (χ0n) is 10.9. The highest BCUT2D eigenvalue weighted by Crippen LogP contribution is 2.13. The van der Waals surface area contributed by atoms with Gasteiger partial charge in [0.25, 0.3) is 0 Å². The minimum atomic E-state index is -0.940. The Balaban J connectivity index is 1.99. The van der Waals surface area contributed by atoms with Crippen LogP contribution >= 0.6 is 0 Å². The van der Waals surface area contributed by atoms with E-state index in [9.17, 15) is 14.3 Å². The van der Waals surface area contributed by atoms with Crippen molar-refractivity contribution in [2.45, 2.75) is 18.9 Å². The molecule has 1 unspecified atom stereocenters. The van der Waals surface area contributed by atoms with Crippen LogP contribution in [0.5, 0.6) is 0 Å². The van der Waals surface area contributed by atoms with E-state index in [0.717, 1.165) is 5.56 Å². The van der Waals surface area contributed by atoms with E-state index in [1.165, 1.54) is 12.1 Å². The number of hydrogen-bond acceptors (Lipinski definition) is 2. The van der Waals surface area contributed by atoms with Crippen molar-refractivity contribution >= 4 is 11.7 Å². The molecule has 0 aliphatic rings. The lowest BCUT2D eigenvalue weighted by Gasteiger charge is -2.15. The van der Waals surface area contributed by atoms with E-state index in [4.69, 9.17) is 0 Å². The third-order valence-corrected chi connectivity index (χ3v) is 3.03. The maximum atomic E-state index is 13.1. The van der Waals surface area contributed by atoms with Gasteiger partial charge in [0.15, 0.2) is 0 Å². The molecule has 0 radical (unpaired) electrons. The monoisotopic (exact) mass is 273 g/mol. The fourth-order valence-electron chi connectivity index (χ4n) is 1.99. The Morgan fingerprint density at radius 3 is 2.55 bits per heavy atom. The number of hydrogen-bond donors (Lipinski definition) is 2. The van der Waals surface area contributed by atoms with E-state index in [1.54, 1.807) is 12.1 Å². The van der Waals surface area contributed by atoms with Crippen molar-refractivity contribution in [3.8, 4) is 0 Å². The smallest absolute Gasteiger partial charge is 0.326 e. The maximum Gasteiger partial charge on any atom is 0.326 e. The molecule has 0 fully saturated rings. The average molecular weight is 273 g/mol. The number of aryl methyl sites for hydroxylation is 1. The lowest BCUT2D eigenvalue weighted by molar-refractivity contribution is -0.138. The fourth-order valence-corrected chi connectivity index (χ4v) is 1.99. The summed E-state index contributed by atoms with van der Waals surface area (Å²) in [4.78, 5) is 11.3. The first-order valence-corrected chi connectivity index (χ1v) is 6.44. The summed E-state index contributed by atoms with van der Waals surface area (Å²) in [6, 6.07) is 14.8. The first-order valence-electron chi connectivity index (χ1n) is 6.44. The summed E-state index contributed by atoms with van der Waals surface area (Å²) >= 11 is 0. The zero-order chi connectivity index (χ0) is 14.4. The van der Waals surface area contributed by atoms with Gasteiger partial charge < -0.3 is 10.4 Å². The highest BCUT2D eigenvalue weighted by atomic mass is 19.1. The first kappa shape index (κ1) is 14.1. The van der Waals surface area contributed by atoms with Crippen molar-refractivity contribution in [2.24, 2.45) is 0 Å². The van der Waals surface area contributed by atoms with Crippen LogP contribution in [-0.4, -0.2) is 17.1 Å². The topological polar surface area (TPSA) is 49.3 Å². The Morgan fingerprint density at radius 2 is 1.90 bits per heavy atom. The average Bonchev–Trinajstić information content (AvgIpc) is 2.44. The lowest BCUT2D eigenvalue weighted by atomic mass is 10.1. The molecule has 0 aromatic heterocycles. The standard InChI is InChI=1S/C16H16FNO2/c17-13-7-4-8-14(11-13)18-15(16(19)20)10-9-12-5-2-1-3-6-12/h1-8,11,15,18H,9-10H2,(H,19,20). The molecular weight excluding hydrogens is 257 g/mol. The van der Waals surface area contributed by atoms with E-state index in [-0.39, 0.29) is 5.82 Å². The molecule has 2 aromatic rings. The quantitative estimate of drug-likeness (QED) is 0.848. The summed E-state index contributed by atoms with van der Waals surface area (Å²) in [6.07, 6.45) is 1.09. The van der Waals surface area contributed by atoms with Gasteiger partial charge in [-0.05, 0) is 36.6 Å². The second-order valence-corrected chi connectivity index (χ2v) is 4.57. The van der Waals surface area contributed by atoms with Gasteiger partial charge in [-0.15, -0.1) is 0 Å². The molecule has 0 saturated carbocycles. The van der Waals surface area contributed by atoms with E-state index in [1.807, 2.05) is 30.3 Å². The summed E-state index contributed by atoms with van der Waals surface area (Å²) < 4.78 is 13.1. The molecule has 0 amide bonds. The normalized spacial score (nSPS) is 11.8. The maximum absolute atomic E-state index is 13.1. The van der Waals surface area contributed by atoms with Crippen LogP contribution in [0.25, 0.3) is 0 Å². The summed E-state index contributed by atoms with van der Waals surface area (Å²) in [5.74, 6) is -1.33. The zero-order valence-corrected chi connectivity index (χ0v) is 10.9. The summed E-state index contributed by atoms with van der Waals surface area (Å²) in [6.45, 7) is 0. The minimum absolute atomic E-state index is 0.387. The summed E-state index contributed by atoms with van der Waals surface area (Å²) in [5, 5.41) is 12.1. The van der Waals surface area contributed by atoms with Crippen molar-refractivity contribution in [3.05, 3.63) is 66.0 Å². The van der Waals surface area contributed by atoms with Crippen LogP contribution in [0.1, 0.15) is 12.0 Å². The Hall–Kier alpha value is -2.36. The van der Waals surface area contributed by atoms with Crippen molar-refractivity contribution < 1.29 is 14.3 Å². The number of rotatable bonds is 6. The van der Waals surface area contributed by atoms with Gasteiger partial charge in [0.2, 0.25) is 0 Å². The van der Waals surface area contributed by atoms with Crippen molar-refractivity contribution in [2.75, 3.05) is 5.32 Å².